The fraction of sp³-hybridized carbons (Fsp3) is 0.190. The van der Waals surface area contributed by atoms with Gasteiger partial charge in [-0.15, -0.1) is 0 Å². The Morgan fingerprint density at radius 1 is 1.11 bits per heavy atom. The lowest BCUT2D eigenvalue weighted by Crippen LogP contribution is -2.24. The number of aryl methyl sites for hydroxylation is 2. The molecule has 1 amide bonds. The Balaban J connectivity index is 1.57. The topological polar surface area (TPSA) is 75.6 Å². The highest BCUT2D eigenvalue weighted by atomic mass is 16.1. The third kappa shape index (κ3) is 3.10. The lowest BCUT2D eigenvalue weighted by Gasteiger charge is -2.06. The first-order chi connectivity index (χ1) is 13.0. The summed E-state index contributed by atoms with van der Waals surface area (Å²) in [6.45, 7) is 6.38. The first kappa shape index (κ1) is 17.0. The molecule has 136 valence electrons. The van der Waals surface area contributed by atoms with Gasteiger partial charge in [-0.3, -0.25) is 9.89 Å². The van der Waals surface area contributed by atoms with E-state index >= 15 is 0 Å². The molecule has 2 heterocycles. The van der Waals surface area contributed by atoms with Crippen molar-refractivity contribution in [3.63, 3.8) is 0 Å². The molecule has 2 aromatic heterocycles. The van der Waals surface area contributed by atoms with E-state index in [0.717, 1.165) is 39.1 Å². The second kappa shape index (κ2) is 6.72. The van der Waals surface area contributed by atoms with Gasteiger partial charge in [0, 0.05) is 23.2 Å². The van der Waals surface area contributed by atoms with Gasteiger partial charge in [0.1, 0.15) is 0 Å². The third-order valence-corrected chi connectivity index (χ3v) is 4.80. The Labute approximate surface area is 157 Å². The molecule has 0 unspecified atom stereocenters. The van der Waals surface area contributed by atoms with Gasteiger partial charge in [-0.1, -0.05) is 29.8 Å². The zero-order valence-corrected chi connectivity index (χ0v) is 15.6. The second-order valence-corrected chi connectivity index (χ2v) is 6.70. The van der Waals surface area contributed by atoms with Crippen molar-refractivity contribution in [3.8, 4) is 5.69 Å². The summed E-state index contributed by atoms with van der Waals surface area (Å²) in [5.74, 6) is -0.196. The molecule has 0 atom stereocenters. The number of benzene rings is 2. The van der Waals surface area contributed by atoms with Gasteiger partial charge in [-0.25, -0.2) is 4.68 Å². The molecule has 27 heavy (non-hydrogen) atoms. The molecule has 0 saturated carbocycles. The fourth-order valence-corrected chi connectivity index (χ4v) is 3.30. The highest BCUT2D eigenvalue weighted by Gasteiger charge is 2.17. The quantitative estimate of drug-likeness (QED) is 0.584. The molecule has 6 nitrogen and oxygen atoms in total. The van der Waals surface area contributed by atoms with Crippen LogP contribution in [0.15, 0.2) is 48.5 Å². The van der Waals surface area contributed by atoms with E-state index in [1.807, 2.05) is 74.0 Å². The van der Waals surface area contributed by atoms with Gasteiger partial charge in [0.25, 0.3) is 5.91 Å². The van der Waals surface area contributed by atoms with Crippen LogP contribution in [0.3, 0.4) is 0 Å². The number of carbonyl (C=O) groups excluding carboxylic acids is 1. The Hall–Kier alpha value is -3.41. The highest BCUT2D eigenvalue weighted by Crippen LogP contribution is 2.19. The van der Waals surface area contributed by atoms with E-state index < -0.39 is 0 Å². The molecule has 0 fully saturated rings. The maximum absolute atomic E-state index is 12.7. The minimum Gasteiger partial charge on any atom is -0.346 e. The van der Waals surface area contributed by atoms with Crippen molar-refractivity contribution >= 4 is 16.8 Å². The van der Waals surface area contributed by atoms with Crippen molar-refractivity contribution in [3.05, 3.63) is 76.7 Å². The Morgan fingerprint density at radius 3 is 2.67 bits per heavy atom. The van der Waals surface area contributed by atoms with E-state index in [1.54, 1.807) is 0 Å². The third-order valence-electron chi connectivity index (χ3n) is 4.80. The molecule has 0 spiro atoms. The minimum absolute atomic E-state index is 0.196. The second-order valence-electron chi connectivity index (χ2n) is 6.70. The molecule has 0 aliphatic rings. The minimum atomic E-state index is -0.196. The van der Waals surface area contributed by atoms with Crippen LogP contribution < -0.4 is 5.32 Å². The maximum Gasteiger partial charge on any atom is 0.272 e. The zero-order valence-electron chi connectivity index (χ0n) is 15.6. The van der Waals surface area contributed by atoms with E-state index in [-0.39, 0.29) is 5.91 Å². The van der Waals surface area contributed by atoms with Crippen molar-refractivity contribution < 1.29 is 4.79 Å². The fourth-order valence-electron chi connectivity index (χ4n) is 3.30. The first-order valence-electron chi connectivity index (χ1n) is 8.88. The lowest BCUT2D eigenvalue weighted by atomic mass is 10.1. The van der Waals surface area contributed by atoms with Crippen LogP contribution in [-0.2, 0) is 6.54 Å². The highest BCUT2D eigenvalue weighted by molar-refractivity contribution is 6.04. The molecule has 0 saturated heterocycles. The summed E-state index contributed by atoms with van der Waals surface area (Å²) in [6.07, 6.45) is 0. The average molecular weight is 359 g/mol. The number of para-hydroxylation sites is 1. The Bertz CT molecular complexity index is 1120. The van der Waals surface area contributed by atoms with Crippen LogP contribution in [0.5, 0.6) is 0 Å². The number of aromatic amines is 1. The molecule has 2 N–H and O–H groups in total. The van der Waals surface area contributed by atoms with E-state index in [4.69, 9.17) is 0 Å². The zero-order chi connectivity index (χ0) is 19.0. The predicted octanol–water partition coefficient (Wildman–Crippen LogP) is 3.60. The summed E-state index contributed by atoms with van der Waals surface area (Å²) < 4.78 is 1.91. The number of amides is 1. The van der Waals surface area contributed by atoms with Gasteiger partial charge in [0.2, 0.25) is 0 Å². The molecule has 0 aliphatic heterocycles. The van der Waals surface area contributed by atoms with Crippen LogP contribution in [0.4, 0.5) is 0 Å². The van der Waals surface area contributed by atoms with Crippen LogP contribution in [-0.4, -0.2) is 25.9 Å². The number of nitrogens with one attached hydrogen (secondary N) is 2. The van der Waals surface area contributed by atoms with E-state index in [2.05, 4.69) is 20.6 Å². The summed E-state index contributed by atoms with van der Waals surface area (Å²) >= 11 is 0. The largest absolute Gasteiger partial charge is 0.346 e. The molecule has 0 radical (unpaired) electrons. The molecule has 0 bridgehead atoms. The molecule has 6 heteroatoms. The first-order valence-corrected chi connectivity index (χ1v) is 8.88. The smallest absolute Gasteiger partial charge is 0.272 e. The van der Waals surface area contributed by atoms with Crippen molar-refractivity contribution in [2.75, 3.05) is 0 Å². The summed E-state index contributed by atoms with van der Waals surface area (Å²) in [7, 11) is 0. The Kier molecular flexibility index (Phi) is 4.24. The normalized spacial score (nSPS) is 11.1. The van der Waals surface area contributed by atoms with Crippen molar-refractivity contribution in [1.82, 2.24) is 25.3 Å². The molecule has 0 aliphatic carbocycles. The van der Waals surface area contributed by atoms with Gasteiger partial charge < -0.3 is 5.32 Å². The number of carbonyl (C=O) groups is 1. The van der Waals surface area contributed by atoms with E-state index in [0.29, 0.717) is 12.2 Å². The van der Waals surface area contributed by atoms with Crippen molar-refractivity contribution in [2.24, 2.45) is 0 Å². The molecule has 2 aromatic carbocycles. The van der Waals surface area contributed by atoms with Gasteiger partial charge in [0.15, 0.2) is 5.69 Å². The average Bonchev–Trinajstić information content (AvgIpc) is 3.21. The van der Waals surface area contributed by atoms with Gasteiger partial charge in [-0.05, 0) is 45.0 Å². The van der Waals surface area contributed by atoms with Crippen LogP contribution in [0, 0.1) is 20.8 Å². The molecule has 4 rings (SSSR count). The predicted molar refractivity (Wildman–Crippen MR) is 105 cm³/mol. The number of fused-ring (bicyclic) bond motifs is 1. The van der Waals surface area contributed by atoms with Gasteiger partial charge >= 0.3 is 0 Å². The maximum atomic E-state index is 12.7. The monoisotopic (exact) mass is 359 g/mol. The molecular formula is C21H21N5O. The number of hydrogen-bond acceptors (Lipinski definition) is 3. The number of rotatable bonds is 4. The number of H-pyrrole nitrogens is 1. The number of aromatic nitrogens is 4. The number of nitrogens with zero attached hydrogens (tertiary/aromatic N) is 3. The summed E-state index contributed by atoms with van der Waals surface area (Å²) in [4.78, 5) is 12.7. The van der Waals surface area contributed by atoms with E-state index in [9.17, 15) is 4.79 Å². The number of hydrogen-bond donors (Lipinski definition) is 2. The summed E-state index contributed by atoms with van der Waals surface area (Å²) in [5, 5.41) is 15.5. The van der Waals surface area contributed by atoms with E-state index in [1.165, 1.54) is 0 Å². The van der Waals surface area contributed by atoms with Gasteiger partial charge in [-0.2, -0.15) is 10.2 Å². The summed E-state index contributed by atoms with van der Waals surface area (Å²) in [5.41, 5.74) is 6.30. The van der Waals surface area contributed by atoms with Crippen LogP contribution >= 0.6 is 0 Å². The van der Waals surface area contributed by atoms with Gasteiger partial charge in [0.05, 0.1) is 16.9 Å². The Morgan fingerprint density at radius 2 is 1.89 bits per heavy atom. The van der Waals surface area contributed by atoms with Crippen molar-refractivity contribution in [2.45, 2.75) is 27.3 Å². The lowest BCUT2D eigenvalue weighted by molar-refractivity contribution is 0.0947. The summed E-state index contributed by atoms with van der Waals surface area (Å²) in [6, 6.07) is 15.9. The molecular weight excluding hydrogens is 338 g/mol. The van der Waals surface area contributed by atoms with Crippen LogP contribution in [0.1, 0.15) is 33.0 Å². The van der Waals surface area contributed by atoms with Crippen LogP contribution in [0.25, 0.3) is 16.6 Å². The van der Waals surface area contributed by atoms with Crippen molar-refractivity contribution in [1.29, 1.82) is 0 Å². The molecule has 4 aromatic rings. The SMILES string of the molecule is Cc1ccc2[nH]nc(C(=O)NCc3c(C)nn(-c4ccccc4)c3C)c2c1. The van der Waals surface area contributed by atoms with Crippen LogP contribution in [0.2, 0.25) is 0 Å². The standard InChI is InChI=1S/C21H21N5O/c1-13-9-10-19-17(11-13)20(24-23-19)21(27)22-12-18-14(2)25-26(15(18)3)16-7-5-4-6-8-16/h4-11H,12H2,1-3H3,(H,22,27)(H,23,24).